The van der Waals surface area contributed by atoms with Crippen LogP contribution < -0.4 is 0 Å². The van der Waals surface area contributed by atoms with Crippen LogP contribution in [0, 0.1) is 23.7 Å². The van der Waals surface area contributed by atoms with E-state index in [0.29, 0.717) is 18.3 Å². The Balaban J connectivity index is 1.27. The van der Waals surface area contributed by atoms with Crippen LogP contribution in [0.25, 0.3) is 0 Å². The molecule has 0 bridgehead atoms. The number of allylic oxidation sites excluding steroid dienone is 2. The summed E-state index contributed by atoms with van der Waals surface area (Å²) in [7, 11) is 0. The van der Waals surface area contributed by atoms with Crippen LogP contribution in [0.4, 0.5) is 13.2 Å². The molecule has 2 saturated carbocycles. The number of benzene rings is 2. The van der Waals surface area contributed by atoms with Gasteiger partial charge in [0, 0.05) is 6.42 Å². The Morgan fingerprint density at radius 2 is 1.48 bits per heavy atom. The first-order chi connectivity index (χ1) is 20.1. The Bertz CT molecular complexity index is 1180. The molecule has 0 saturated heterocycles. The highest BCUT2D eigenvalue weighted by Gasteiger charge is 2.38. The molecule has 0 amide bonds. The molecule has 2 aliphatic carbocycles. The summed E-state index contributed by atoms with van der Waals surface area (Å²) in [5.74, 6) is 2.32. The van der Waals surface area contributed by atoms with Gasteiger partial charge in [-0.05, 0) is 117 Å². The van der Waals surface area contributed by atoms with Gasteiger partial charge in [-0.2, -0.15) is 13.2 Å². The van der Waals surface area contributed by atoms with Gasteiger partial charge in [-0.15, -0.1) is 0 Å². The monoisotopic (exact) mass is 582 g/mol. The Kier molecular flexibility index (Phi) is 11.4. The number of Topliss-reactive ketones (excluding diaryl/α,β-unsaturated/α-hetero) is 1. The summed E-state index contributed by atoms with van der Waals surface area (Å²) in [5.41, 5.74) is 0.954. The summed E-state index contributed by atoms with van der Waals surface area (Å²) in [4.78, 5) is 12.0. The van der Waals surface area contributed by atoms with E-state index in [-0.39, 0.29) is 24.0 Å². The molecule has 1 N–H and O–H groups in total. The number of aryl methyl sites for hydroxylation is 2. The number of hydrogen-bond acceptors (Lipinski definition) is 2. The highest BCUT2D eigenvalue weighted by Crippen LogP contribution is 2.42. The Morgan fingerprint density at radius 1 is 0.881 bits per heavy atom. The molecule has 4 rings (SSSR count). The fourth-order valence-corrected chi connectivity index (χ4v) is 7.37. The number of phenolic OH excluding ortho intramolecular Hbond substituents is 1. The summed E-state index contributed by atoms with van der Waals surface area (Å²) >= 11 is 0. The van der Waals surface area contributed by atoms with Gasteiger partial charge < -0.3 is 5.11 Å². The minimum Gasteiger partial charge on any atom is -0.507 e. The van der Waals surface area contributed by atoms with E-state index >= 15 is 0 Å². The Morgan fingerprint density at radius 3 is 2.02 bits per heavy atom. The van der Waals surface area contributed by atoms with Crippen molar-refractivity contribution in [2.24, 2.45) is 23.7 Å². The van der Waals surface area contributed by atoms with Crippen molar-refractivity contribution in [1.29, 1.82) is 0 Å². The molecule has 2 aliphatic rings. The van der Waals surface area contributed by atoms with Crippen LogP contribution in [0.3, 0.4) is 0 Å². The molecule has 5 heteroatoms. The van der Waals surface area contributed by atoms with Crippen LogP contribution in [0.5, 0.6) is 5.75 Å². The fraction of sp³-hybridized carbons (Fsp3) is 0.595. The van der Waals surface area contributed by atoms with Gasteiger partial charge in [-0.25, -0.2) is 0 Å². The number of aromatic hydroxyl groups is 1. The van der Waals surface area contributed by atoms with Crippen molar-refractivity contribution in [3.63, 3.8) is 0 Å². The van der Waals surface area contributed by atoms with Gasteiger partial charge in [0.2, 0.25) is 0 Å². The first-order valence-electron chi connectivity index (χ1n) is 16.3. The van der Waals surface area contributed by atoms with E-state index in [4.69, 9.17) is 0 Å². The molecular formula is C37H49F3O2. The molecule has 1 atom stereocenters. The van der Waals surface area contributed by atoms with E-state index in [1.807, 2.05) is 12.1 Å². The zero-order valence-corrected chi connectivity index (χ0v) is 25.7. The Hall–Kier alpha value is -2.56. The van der Waals surface area contributed by atoms with Gasteiger partial charge >= 0.3 is 6.18 Å². The predicted molar refractivity (Wildman–Crippen MR) is 165 cm³/mol. The number of halogens is 3. The van der Waals surface area contributed by atoms with Crippen molar-refractivity contribution in [2.45, 2.75) is 116 Å². The number of carbonyl (C=O) groups excluding carboxylic acids is 1. The van der Waals surface area contributed by atoms with E-state index in [0.717, 1.165) is 23.3 Å². The molecule has 2 fully saturated rings. The van der Waals surface area contributed by atoms with Crippen molar-refractivity contribution < 1.29 is 23.1 Å². The molecule has 0 aliphatic heterocycles. The van der Waals surface area contributed by atoms with Crippen LogP contribution >= 0.6 is 0 Å². The standard InChI is InChI=1S/C37H49F3O2/c1-4-6-25(3)29-16-9-26(10-17-29)7-8-27-11-18-30(19-12-27)31-20-13-28(14-21-31)15-22-32-23-24-33(34(41)5-2)36(42)35(32)37(38,39)40/h7-8,13-14,20-21,23-27,29-30,42H,4-6,9-12,15-19,22H2,1-3H3/b8-7+. The van der Waals surface area contributed by atoms with Crippen LogP contribution in [0.2, 0.25) is 0 Å². The number of carbonyl (C=O) groups is 1. The summed E-state index contributed by atoms with van der Waals surface area (Å²) in [6, 6.07) is 11.0. The maximum absolute atomic E-state index is 13.8. The molecule has 2 aromatic rings. The second-order valence-electron chi connectivity index (χ2n) is 12.9. The molecule has 0 radical (unpaired) electrons. The third kappa shape index (κ3) is 8.29. The zero-order chi connectivity index (χ0) is 30.3. The number of phenols is 1. The lowest BCUT2D eigenvalue weighted by Crippen LogP contribution is -2.19. The Labute approximate surface area is 250 Å². The first kappa shape index (κ1) is 32.4. The second-order valence-corrected chi connectivity index (χ2v) is 12.9. The molecule has 2 nitrogen and oxygen atoms in total. The summed E-state index contributed by atoms with van der Waals surface area (Å²) in [5, 5.41) is 10.3. The zero-order valence-electron chi connectivity index (χ0n) is 25.7. The largest absolute Gasteiger partial charge is 0.507 e. The quantitative estimate of drug-likeness (QED) is 0.211. The van der Waals surface area contributed by atoms with Crippen molar-refractivity contribution in [1.82, 2.24) is 0 Å². The lowest BCUT2D eigenvalue weighted by atomic mass is 9.74. The topological polar surface area (TPSA) is 37.3 Å². The molecule has 230 valence electrons. The van der Waals surface area contributed by atoms with Gasteiger partial charge in [0.05, 0.1) is 5.56 Å². The minimum absolute atomic E-state index is 0.0159. The predicted octanol–water partition coefficient (Wildman–Crippen LogP) is 10.9. The van der Waals surface area contributed by atoms with E-state index in [1.165, 1.54) is 81.9 Å². The van der Waals surface area contributed by atoms with Crippen LogP contribution in [0.1, 0.15) is 130 Å². The van der Waals surface area contributed by atoms with E-state index in [1.54, 1.807) is 6.92 Å². The summed E-state index contributed by atoms with van der Waals surface area (Å²) in [6.45, 7) is 6.30. The van der Waals surface area contributed by atoms with Gasteiger partial charge in [0.1, 0.15) is 11.3 Å². The van der Waals surface area contributed by atoms with Crippen molar-refractivity contribution in [3.8, 4) is 5.75 Å². The highest BCUT2D eigenvalue weighted by molar-refractivity contribution is 5.99. The smallest absolute Gasteiger partial charge is 0.420 e. The van der Waals surface area contributed by atoms with Gasteiger partial charge in [-0.1, -0.05) is 76.1 Å². The van der Waals surface area contributed by atoms with Crippen LogP contribution in [-0.4, -0.2) is 10.9 Å². The molecular weight excluding hydrogens is 533 g/mol. The maximum Gasteiger partial charge on any atom is 0.420 e. The van der Waals surface area contributed by atoms with Crippen LogP contribution in [-0.2, 0) is 19.0 Å². The van der Waals surface area contributed by atoms with E-state index in [9.17, 15) is 23.1 Å². The molecule has 2 aromatic carbocycles. The van der Waals surface area contributed by atoms with E-state index < -0.39 is 23.3 Å². The second kappa shape index (κ2) is 14.8. The SMILES string of the molecule is CCCC(C)C1CCC(/C=C/C2CCC(c3ccc(CCc4ccc(C(=O)CC)c(O)c4C(F)(F)F)cc3)CC2)CC1. The van der Waals surface area contributed by atoms with Crippen LogP contribution in [0.15, 0.2) is 48.6 Å². The number of ketones is 1. The lowest BCUT2D eigenvalue weighted by molar-refractivity contribution is -0.139. The molecule has 0 heterocycles. The summed E-state index contributed by atoms with van der Waals surface area (Å²) in [6.07, 6.45) is 13.8. The normalized spacial score (nSPS) is 24.1. The third-order valence-corrected chi connectivity index (χ3v) is 10.1. The molecule has 0 spiro atoms. The number of hydrogen-bond donors (Lipinski definition) is 1. The highest BCUT2D eigenvalue weighted by atomic mass is 19.4. The average Bonchev–Trinajstić information content (AvgIpc) is 2.99. The number of alkyl halides is 3. The van der Waals surface area contributed by atoms with Crippen molar-refractivity contribution in [2.75, 3.05) is 0 Å². The lowest BCUT2D eigenvalue weighted by Gasteiger charge is -2.31. The summed E-state index contributed by atoms with van der Waals surface area (Å²) < 4.78 is 41.4. The van der Waals surface area contributed by atoms with E-state index in [2.05, 4.69) is 38.1 Å². The van der Waals surface area contributed by atoms with Gasteiger partial charge in [-0.3, -0.25) is 4.79 Å². The first-order valence-corrected chi connectivity index (χ1v) is 16.3. The minimum atomic E-state index is -4.73. The fourth-order valence-electron chi connectivity index (χ4n) is 7.37. The maximum atomic E-state index is 13.8. The van der Waals surface area contributed by atoms with Crippen molar-refractivity contribution >= 4 is 5.78 Å². The molecule has 1 unspecified atom stereocenters. The number of rotatable bonds is 11. The third-order valence-electron chi connectivity index (χ3n) is 10.1. The van der Waals surface area contributed by atoms with Gasteiger partial charge in [0.25, 0.3) is 0 Å². The molecule has 0 aromatic heterocycles. The van der Waals surface area contributed by atoms with Gasteiger partial charge in [0.15, 0.2) is 5.78 Å². The average molecular weight is 583 g/mol. The van der Waals surface area contributed by atoms with Crippen molar-refractivity contribution in [3.05, 3.63) is 76.4 Å². The molecule has 42 heavy (non-hydrogen) atoms.